The monoisotopic (exact) mass is 284 g/mol. The number of hydrogen-bond acceptors (Lipinski definition) is 3. The maximum absolute atomic E-state index is 13.5. The van der Waals surface area contributed by atoms with Crippen LogP contribution in [-0.4, -0.2) is 22.6 Å². The second-order valence-electron chi connectivity index (χ2n) is 4.36. The largest absolute Gasteiger partial charge is 0.384 e. The fourth-order valence-corrected chi connectivity index (χ4v) is 1.72. The minimum absolute atomic E-state index is 0.115. The highest BCUT2D eigenvalue weighted by atomic mass is 19.1. The molecule has 0 saturated carbocycles. The van der Waals surface area contributed by atoms with Crippen molar-refractivity contribution in [2.45, 2.75) is 6.92 Å². The summed E-state index contributed by atoms with van der Waals surface area (Å²) in [4.78, 5) is 16.0. The normalized spacial score (nSPS) is 9.67. The number of amides is 1. The van der Waals surface area contributed by atoms with Crippen molar-refractivity contribution < 1.29 is 14.3 Å². The third-order valence-electron chi connectivity index (χ3n) is 2.66. The zero-order chi connectivity index (χ0) is 15.2. The number of halogens is 1. The second kappa shape index (κ2) is 6.64. The van der Waals surface area contributed by atoms with E-state index in [2.05, 4.69) is 22.1 Å². The van der Waals surface area contributed by atoms with Crippen LogP contribution in [0.2, 0.25) is 0 Å². The summed E-state index contributed by atoms with van der Waals surface area (Å²) >= 11 is 0. The summed E-state index contributed by atoms with van der Waals surface area (Å²) in [5.74, 6) is 4.01. The third kappa shape index (κ3) is 3.88. The molecule has 5 heteroatoms. The van der Waals surface area contributed by atoms with Crippen molar-refractivity contribution in [1.82, 2.24) is 4.98 Å². The van der Waals surface area contributed by atoms with Crippen LogP contribution in [-0.2, 0) is 0 Å². The van der Waals surface area contributed by atoms with E-state index in [0.717, 1.165) is 5.56 Å². The Kier molecular flexibility index (Phi) is 4.64. The summed E-state index contributed by atoms with van der Waals surface area (Å²) in [6.45, 7) is 1.48. The Balaban J connectivity index is 2.21. The van der Waals surface area contributed by atoms with E-state index >= 15 is 0 Å². The number of benzene rings is 1. The van der Waals surface area contributed by atoms with Crippen molar-refractivity contribution in [3.63, 3.8) is 0 Å². The zero-order valence-electron chi connectivity index (χ0n) is 11.4. The SMILES string of the molecule is Cc1cncc(C(=O)Nc2ccc(F)c(C#CCO)c2)c1. The van der Waals surface area contributed by atoms with Crippen LogP contribution in [0.25, 0.3) is 0 Å². The topological polar surface area (TPSA) is 62.2 Å². The molecule has 1 heterocycles. The Labute approximate surface area is 121 Å². The number of aliphatic hydroxyl groups is 1. The first-order chi connectivity index (χ1) is 10.1. The number of nitrogens with zero attached hydrogens (tertiary/aromatic N) is 1. The van der Waals surface area contributed by atoms with E-state index < -0.39 is 5.82 Å². The number of nitrogens with one attached hydrogen (secondary N) is 1. The van der Waals surface area contributed by atoms with Gasteiger partial charge in [0.15, 0.2) is 0 Å². The molecule has 0 aliphatic carbocycles. The molecule has 1 aromatic carbocycles. The number of aromatic nitrogens is 1. The lowest BCUT2D eigenvalue weighted by atomic mass is 10.1. The lowest BCUT2D eigenvalue weighted by molar-refractivity contribution is 0.102. The van der Waals surface area contributed by atoms with Crippen LogP contribution >= 0.6 is 0 Å². The minimum Gasteiger partial charge on any atom is -0.384 e. The smallest absolute Gasteiger partial charge is 0.257 e. The molecule has 0 atom stereocenters. The number of anilines is 1. The fourth-order valence-electron chi connectivity index (χ4n) is 1.72. The molecular formula is C16H13FN2O2. The molecule has 0 aliphatic rings. The summed E-state index contributed by atoms with van der Waals surface area (Å²) < 4.78 is 13.5. The highest BCUT2D eigenvalue weighted by molar-refractivity contribution is 6.04. The van der Waals surface area contributed by atoms with Crippen LogP contribution in [0.3, 0.4) is 0 Å². The van der Waals surface area contributed by atoms with E-state index in [1.165, 1.54) is 24.4 Å². The van der Waals surface area contributed by atoms with Crippen LogP contribution in [0.4, 0.5) is 10.1 Å². The Morgan fingerprint density at radius 1 is 1.38 bits per heavy atom. The maximum atomic E-state index is 13.5. The number of rotatable bonds is 2. The van der Waals surface area contributed by atoms with E-state index in [1.807, 2.05) is 6.92 Å². The molecule has 2 rings (SSSR count). The van der Waals surface area contributed by atoms with Crippen molar-refractivity contribution in [1.29, 1.82) is 0 Å². The predicted octanol–water partition coefficient (Wildman–Crippen LogP) is 2.13. The lowest BCUT2D eigenvalue weighted by Gasteiger charge is -2.06. The quantitative estimate of drug-likeness (QED) is 0.830. The van der Waals surface area contributed by atoms with Gasteiger partial charge < -0.3 is 10.4 Å². The van der Waals surface area contributed by atoms with Gasteiger partial charge in [0.1, 0.15) is 12.4 Å². The van der Waals surface area contributed by atoms with Gasteiger partial charge in [-0.05, 0) is 36.8 Å². The molecule has 0 unspecified atom stereocenters. The summed E-state index contributed by atoms with van der Waals surface area (Å²) in [6.07, 6.45) is 3.11. The summed E-state index contributed by atoms with van der Waals surface area (Å²) in [6, 6.07) is 5.78. The van der Waals surface area contributed by atoms with Crippen LogP contribution in [0.15, 0.2) is 36.7 Å². The molecule has 0 fully saturated rings. The van der Waals surface area contributed by atoms with Gasteiger partial charge in [0.25, 0.3) is 5.91 Å². The van der Waals surface area contributed by atoms with Crippen molar-refractivity contribution >= 4 is 11.6 Å². The number of aryl methyl sites for hydroxylation is 1. The number of carbonyl (C=O) groups is 1. The Bertz CT molecular complexity index is 733. The van der Waals surface area contributed by atoms with Gasteiger partial charge in [0, 0.05) is 18.1 Å². The van der Waals surface area contributed by atoms with Gasteiger partial charge in [-0.25, -0.2) is 4.39 Å². The molecule has 2 aromatic rings. The first kappa shape index (κ1) is 14.7. The minimum atomic E-state index is -0.508. The summed E-state index contributed by atoms with van der Waals surface area (Å²) in [7, 11) is 0. The maximum Gasteiger partial charge on any atom is 0.257 e. The summed E-state index contributed by atoms with van der Waals surface area (Å²) in [5.41, 5.74) is 1.83. The number of carbonyl (C=O) groups excluding carboxylic acids is 1. The van der Waals surface area contributed by atoms with Crippen molar-refractivity contribution in [2.24, 2.45) is 0 Å². The molecule has 0 saturated heterocycles. The van der Waals surface area contributed by atoms with Crippen molar-refractivity contribution in [3.8, 4) is 11.8 Å². The van der Waals surface area contributed by atoms with Gasteiger partial charge in [-0.3, -0.25) is 9.78 Å². The van der Waals surface area contributed by atoms with Crippen molar-refractivity contribution in [2.75, 3.05) is 11.9 Å². The van der Waals surface area contributed by atoms with E-state index in [1.54, 1.807) is 12.3 Å². The molecule has 0 bridgehead atoms. The Morgan fingerprint density at radius 2 is 2.19 bits per heavy atom. The Hall–Kier alpha value is -2.71. The van der Waals surface area contributed by atoms with Gasteiger partial charge in [-0.15, -0.1) is 0 Å². The van der Waals surface area contributed by atoms with Crippen molar-refractivity contribution in [3.05, 3.63) is 59.2 Å². The lowest BCUT2D eigenvalue weighted by Crippen LogP contribution is -2.12. The van der Waals surface area contributed by atoms with Gasteiger partial charge in [0.2, 0.25) is 0 Å². The molecule has 4 nitrogen and oxygen atoms in total. The predicted molar refractivity (Wildman–Crippen MR) is 77.3 cm³/mol. The molecule has 0 spiro atoms. The van der Waals surface area contributed by atoms with Crippen LogP contribution in [0, 0.1) is 24.6 Å². The number of aliphatic hydroxyl groups excluding tert-OH is 1. The molecular weight excluding hydrogens is 271 g/mol. The van der Waals surface area contributed by atoms with Gasteiger partial charge in [-0.1, -0.05) is 11.8 Å². The average Bonchev–Trinajstić information content (AvgIpc) is 2.47. The molecule has 1 amide bonds. The number of pyridine rings is 1. The highest BCUT2D eigenvalue weighted by Crippen LogP contribution is 2.15. The van der Waals surface area contributed by atoms with Gasteiger partial charge >= 0.3 is 0 Å². The van der Waals surface area contributed by atoms with Crippen LogP contribution in [0.1, 0.15) is 21.5 Å². The van der Waals surface area contributed by atoms with E-state index in [-0.39, 0.29) is 18.1 Å². The molecule has 2 N–H and O–H groups in total. The molecule has 106 valence electrons. The zero-order valence-corrected chi connectivity index (χ0v) is 11.4. The molecule has 21 heavy (non-hydrogen) atoms. The first-order valence-electron chi connectivity index (χ1n) is 6.22. The molecule has 0 aliphatic heterocycles. The van der Waals surface area contributed by atoms with Crippen LogP contribution < -0.4 is 5.32 Å². The molecule has 0 radical (unpaired) electrons. The number of hydrogen-bond donors (Lipinski definition) is 2. The standard InChI is InChI=1S/C16H13FN2O2/c1-11-7-13(10-18-9-11)16(21)19-14-4-5-15(17)12(8-14)3-2-6-20/h4-5,7-10,20H,6H2,1H3,(H,19,21). The highest BCUT2D eigenvalue weighted by Gasteiger charge is 2.08. The van der Waals surface area contributed by atoms with Gasteiger partial charge in [-0.2, -0.15) is 0 Å². The fraction of sp³-hybridized carbons (Fsp3) is 0.125. The molecule has 1 aromatic heterocycles. The Morgan fingerprint density at radius 3 is 2.90 bits per heavy atom. The third-order valence-corrected chi connectivity index (χ3v) is 2.66. The van der Waals surface area contributed by atoms with Crippen LogP contribution in [0.5, 0.6) is 0 Å². The average molecular weight is 284 g/mol. The first-order valence-corrected chi connectivity index (χ1v) is 6.22. The van der Waals surface area contributed by atoms with Gasteiger partial charge in [0.05, 0.1) is 11.1 Å². The van der Waals surface area contributed by atoms with E-state index in [4.69, 9.17) is 5.11 Å². The second-order valence-corrected chi connectivity index (χ2v) is 4.36. The van der Waals surface area contributed by atoms with E-state index in [0.29, 0.717) is 11.3 Å². The summed E-state index contributed by atoms with van der Waals surface area (Å²) in [5, 5.41) is 11.3. The van der Waals surface area contributed by atoms with E-state index in [9.17, 15) is 9.18 Å².